The number of thiazole rings is 1. The zero-order valence-electron chi connectivity index (χ0n) is 15.6. The van der Waals surface area contributed by atoms with Crippen molar-refractivity contribution in [3.8, 4) is 0 Å². The van der Waals surface area contributed by atoms with Crippen molar-refractivity contribution in [2.75, 3.05) is 47.3 Å². The average molecular weight is 375 g/mol. The molecule has 1 aliphatic rings. The number of hydrogen-bond donors (Lipinski definition) is 0. The minimum Gasteiger partial charge on any atom is -0.348 e. The number of likely N-dealkylation sites (tertiary alicyclic amines) is 1. The van der Waals surface area contributed by atoms with Crippen LogP contribution in [0.4, 0.5) is 0 Å². The van der Waals surface area contributed by atoms with Gasteiger partial charge in [-0.3, -0.25) is 14.5 Å². The summed E-state index contributed by atoms with van der Waals surface area (Å²) < 4.78 is 1.20. The number of nitrogens with zero attached hydrogens (tertiary/aromatic N) is 4. The van der Waals surface area contributed by atoms with Crippen LogP contribution in [0.25, 0.3) is 10.2 Å². The van der Waals surface area contributed by atoms with Crippen molar-refractivity contribution in [2.45, 2.75) is 18.8 Å². The maximum absolute atomic E-state index is 12.7. The van der Waals surface area contributed by atoms with Crippen LogP contribution in [0.5, 0.6) is 0 Å². The lowest BCUT2D eigenvalue weighted by Gasteiger charge is -2.33. The number of carbonyl (C=O) groups is 2. The van der Waals surface area contributed by atoms with Gasteiger partial charge in [0, 0.05) is 33.1 Å². The van der Waals surface area contributed by atoms with Gasteiger partial charge in [-0.2, -0.15) is 0 Å². The summed E-state index contributed by atoms with van der Waals surface area (Å²) in [5, 5.41) is 1.12. The number of hydrogen-bond acceptors (Lipinski definition) is 5. The molecule has 1 saturated heterocycles. The highest BCUT2D eigenvalue weighted by Gasteiger charge is 2.27. The Morgan fingerprint density at radius 1 is 1.23 bits per heavy atom. The van der Waals surface area contributed by atoms with Crippen LogP contribution in [0.1, 0.15) is 23.8 Å². The topological polar surface area (TPSA) is 56.8 Å². The minimum absolute atomic E-state index is 0.00583. The summed E-state index contributed by atoms with van der Waals surface area (Å²) in [4.78, 5) is 34.5. The van der Waals surface area contributed by atoms with Gasteiger partial charge in [-0.05, 0) is 32.0 Å². The lowest BCUT2D eigenvalue weighted by molar-refractivity contribution is -0.135. The van der Waals surface area contributed by atoms with Gasteiger partial charge in [0.25, 0.3) is 0 Å². The number of benzene rings is 1. The summed E-state index contributed by atoms with van der Waals surface area (Å²) in [6.45, 7) is 2.03. The van der Waals surface area contributed by atoms with E-state index in [9.17, 15) is 9.59 Å². The molecule has 0 unspecified atom stereocenters. The van der Waals surface area contributed by atoms with E-state index in [4.69, 9.17) is 4.98 Å². The Labute approximate surface area is 158 Å². The molecule has 1 atom stereocenters. The molecule has 2 heterocycles. The largest absolute Gasteiger partial charge is 0.348 e. The zero-order chi connectivity index (χ0) is 18.7. The number of para-hydroxylation sites is 1. The Morgan fingerprint density at radius 2 is 2.00 bits per heavy atom. The molecule has 0 N–H and O–H groups in total. The molecule has 3 rings (SSSR count). The monoisotopic (exact) mass is 374 g/mol. The Balaban J connectivity index is 1.60. The molecule has 1 aliphatic heterocycles. The van der Waals surface area contributed by atoms with Crippen molar-refractivity contribution in [2.24, 2.45) is 0 Å². The van der Waals surface area contributed by atoms with E-state index in [-0.39, 0.29) is 24.9 Å². The van der Waals surface area contributed by atoms with Crippen molar-refractivity contribution < 1.29 is 9.59 Å². The van der Waals surface area contributed by atoms with Crippen molar-refractivity contribution in [3.63, 3.8) is 0 Å². The normalized spacial score (nSPS) is 17.7. The van der Waals surface area contributed by atoms with Crippen LogP contribution >= 0.6 is 11.3 Å². The maximum Gasteiger partial charge on any atom is 0.236 e. The quantitative estimate of drug-likeness (QED) is 0.803. The van der Waals surface area contributed by atoms with Crippen LogP contribution < -0.4 is 0 Å². The number of likely N-dealkylation sites (N-methyl/N-ethyl adjacent to an activating group) is 2. The number of fused-ring (bicyclic) bond motifs is 1. The van der Waals surface area contributed by atoms with Gasteiger partial charge >= 0.3 is 0 Å². The van der Waals surface area contributed by atoms with Crippen LogP contribution in [0.15, 0.2) is 24.3 Å². The van der Waals surface area contributed by atoms with Crippen LogP contribution in [0.2, 0.25) is 0 Å². The molecule has 0 aliphatic carbocycles. The maximum atomic E-state index is 12.7. The van der Waals surface area contributed by atoms with Crippen LogP contribution in [0.3, 0.4) is 0 Å². The molecule has 2 amide bonds. The summed E-state index contributed by atoms with van der Waals surface area (Å²) in [7, 11) is 5.27. The molecule has 140 valence electrons. The minimum atomic E-state index is 0.00583. The average Bonchev–Trinajstić information content (AvgIpc) is 3.05. The van der Waals surface area contributed by atoms with Gasteiger partial charge in [-0.25, -0.2) is 4.98 Å². The van der Waals surface area contributed by atoms with Crippen LogP contribution in [0, 0.1) is 0 Å². The number of piperidine rings is 1. The van der Waals surface area contributed by atoms with Crippen molar-refractivity contribution in [3.05, 3.63) is 29.3 Å². The summed E-state index contributed by atoms with van der Waals surface area (Å²) in [6, 6.07) is 8.18. The van der Waals surface area contributed by atoms with Crippen molar-refractivity contribution in [1.82, 2.24) is 19.7 Å². The molecule has 0 bridgehead atoms. The Hall–Kier alpha value is -1.99. The first kappa shape index (κ1) is 18.8. The van der Waals surface area contributed by atoms with E-state index in [2.05, 4.69) is 6.07 Å². The molecule has 0 spiro atoms. The molecular formula is C19H26N4O2S. The number of carbonyl (C=O) groups excluding carboxylic acids is 2. The van der Waals surface area contributed by atoms with Crippen molar-refractivity contribution >= 4 is 33.4 Å². The fourth-order valence-corrected chi connectivity index (χ4v) is 4.32. The second-order valence-electron chi connectivity index (χ2n) is 7.16. The van der Waals surface area contributed by atoms with Gasteiger partial charge in [0.15, 0.2) is 0 Å². The van der Waals surface area contributed by atoms with Gasteiger partial charge in [0.2, 0.25) is 11.8 Å². The fourth-order valence-electron chi connectivity index (χ4n) is 3.23. The van der Waals surface area contributed by atoms with Gasteiger partial charge in [-0.15, -0.1) is 11.3 Å². The summed E-state index contributed by atoms with van der Waals surface area (Å²) in [5.41, 5.74) is 1.04. The third-order valence-electron chi connectivity index (χ3n) is 4.74. The Bertz CT molecular complexity index is 756. The smallest absolute Gasteiger partial charge is 0.236 e. The highest BCUT2D eigenvalue weighted by atomic mass is 32.1. The van der Waals surface area contributed by atoms with Gasteiger partial charge < -0.3 is 9.80 Å². The van der Waals surface area contributed by atoms with Crippen LogP contribution in [-0.4, -0.2) is 78.8 Å². The van der Waals surface area contributed by atoms with E-state index in [1.807, 2.05) is 30.1 Å². The standard InChI is InChI=1S/C19H26N4O2S/c1-21(2)17(24)12-22(3)13-18(25)23-10-6-7-14(11-23)19-20-15-8-4-5-9-16(15)26-19/h4-5,8-9,14H,6-7,10-13H2,1-3H3/t14-/m1/s1. The van der Waals surface area contributed by atoms with E-state index >= 15 is 0 Å². The molecule has 26 heavy (non-hydrogen) atoms. The molecule has 1 aromatic heterocycles. The highest BCUT2D eigenvalue weighted by Crippen LogP contribution is 2.32. The summed E-state index contributed by atoms with van der Waals surface area (Å²) in [6.07, 6.45) is 2.06. The fraction of sp³-hybridized carbons (Fsp3) is 0.526. The summed E-state index contributed by atoms with van der Waals surface area (Å²) >= 11 is 1.73. The Kier molecular flexibility index (Phi) is 5.88. The number of amides is 2. The lowest BCUT2D eigenvalue weighted by atomic mass is 9.98. The predicted octanol–water partition coefficient (Wildman–Crippen LogP) is 2.02. The molecule has 0 saturated carbocycles. The Morgan fingerprint density at radius 3 is 2.73 bits per heavy atom. The number of aromatic nitrogens is 1. The molecule has 0 radical (unpaired) electrons. The number of rotatable bonds is 5. The van der Waals surface area contributed by atoms with E-state index in [0.29, 0.717) is 12.5 Å². The van der Waals surface area contributed by atoms with E-state index in [0.717, 1.165) is 29.9 Å². The van der Waals surface area contributed by atoms with Crippen LogP contribution in [-0.2, 0) is 9.59 Å². The zero-order valence-corrected chi connectivity index (χ0v) is 16.5. The first-order valence-electron chi connectivity index (χ1n) is 8.96. The van der Waals surface area contributed by atoms with E-state index in [1.54, 1.807) is 35.2 Å². The van der Waals surface area contributed by atoms with Gasteiger partial charge in [0.05, 0.1) is 28.3 Å². The molecule has 6 nitrogen and oxygen atoms in total. The third-order valence-corrected chi connectivity index (χ3v) is 5.94. The van der Waals surface area contributed by atoms with E-state index < -0.39 is 0 Å². The highest BCUT2D eigenvalue weighted by molar-refractivity contribution is 7.18. The van der Waals surface area contributed by atoms with Crippen molar-refractivity contribution in [1.29, 1.82) is 0 Å². The first-order valence-corrected chi connectivity index (χ1v) is 9.77. The predicted molar refractivity (Wildman–Crippen MR) is 104 cm³/mol. The molecular weight excluding hydrogens is 348 g/mol. The van der Waals surface area contributed by atoms with Gasteiger partial charge in [0.1, 0.15) is 0 Å². The first-order chi connectivity index (χ1) is 12.4. The lowest BCUT2D eigenvalue weighted by Crippen LogP contribution is -2.45. The molecule has 1 fully saturated rings. The third kappa shape index (κ3) is 4.40. The molecule has 1 aromatic carbocycles. The second-order valence-corrected chi connectivity index (χ2v) is 8.22. The van der Waals surface area contributed by atoms with Gasteiger partial charge in [-0.1, -0.05) is 12.1 Å². The molecule has 7 heteroatoms. The molecule has 2 aromatic rings. The second kappa shape index (κ2) is 8.14. The SMILES string of the molecule is CN(CC(=O)N(C)C)CC(=O)N1CCC[C@@H](c2nc3ccccc3s2)C1. The summed E-state index contributed by atoms with van der Waals surface area (Å²) in [5.74, 6) is 0.398. The van der Waals surface area contributed by atoms with E-state index in [1.165, 1.54) is 4.70 Å².